The van der Waals surface area contributed by atoms with Gasteiger partial charge in [-0.1, -0.05) is 60.7 Å². The number of pyridine rings is 1. The molecule has 0 fully saturated rings. The van der Waals surface area contributed by atoms with Gasteiger partial charge in [-0.05, 0) is 42.5 Å². The predicted molar refractivity (Wildman–Crippen MR) is 110 cm³/mol. The highest BCUT2D eigenvalue weighted by Crippen LogP contribution is 2.34. The molecule has 0 aliphatic heterocycles. The van der Waals surface area contributed by atoms with Crippen LogP contribution in [0.3, 0.4) is 0 Å². The van der Waals surface area contributed by atoms with E-state index >= 15 is 0 Å². The third kappa shape index (κ3) is 4.10. The molecule has 0 saturated heterocycles. The smallest absolute Gasteiger partial charge is 0.226 e. The first-order valence-corrected chi connectivity index (χ1v) is 9.36. The zero-order valence-electron chi connectivity index (χ0n) is 14.2. The topological polar surface area (TPSA) is 45.9 Å². The van der Waals surface area contributed by atoms with E-state index in [0.29, 0.717) is 21.6 Å². The summed E-state index contributed by atoms with van der Waals surface area (Å²) in [6.45, 7) is 2.36. The van der Waals surface area contributed by atoms with Crippen LogP contribution in [0.1, 0.15) is 12.5 Å². The summed E-state index contributed by atoms with van der Waals surface area (Å²) >= 11 is 6.47. The molecular weight excluding hydrogens is 360 g/mol. The molecule has 1 aromatic heterocycles. The summed E-state index contributed by atoms with van der Waals surface area (Å²) in [5, 5.41) is 10.3. The predicted octanol–water partition coefficient (Wildman–Crippen LogP) is 5.70. The van der Waals surface area contributed by atoms with Crippen LogP contribution in [0, 0.1) is 11.3 Å². The minimum Gasteiger partial charge on any atom is -0.479 e. The van der Waals surface area contributed by atoms with Gasteiger partial charge in [-0.3, -0.25) is 0 Å². The van der Waals surface area contributed by atoms with Gasteiger partial charge in [-0.2, -0.15) is 5.26 Å². The number of benzene rings is 2. The lowest BCUT2D eigenvalue weighted by atomic mass is 9.99. The quantitative estimate of drug-likeness (QED) is 0.432. The average Bonchev–Trinajstić information content (AvgIpc) is 2.69. The number of hydrogen-bond acceptors (Lipinski definition) is 5. The molecule has 0 radical (unpaired) electrons. The Balaban J connectivity index is 2.19. The Kier molecular flexibility index (Phi) is 6.00. The van der Waals surface area contributed by atoms with Crippen LogP contribution in [0.15, 0.2) is 71.8 Å². The van der Waals surface area contributed by atoms with Crippen molar-refractivity contribution in [3.8, 4) is 28.5 Å². The second-order valence-corrected chi connectivity index (χ2v) is 6.95. The lowest BCUT2D eigenvalue weighted by Crippen LogP contribution is -2.00. The van der Waals surface area contributed by atoms with Gasteiger partial charge in [-0.25, -0.2) is 4.98 Å². The van der Waals surface area contributed by atoms with Crippen molar-refractivity contribution in [1.82, 2.24) is 4.98 Å². The summed E-state index contributed by atoms with van der Waals surface area (Å²) in [5.74, 6) is 0. The number of aromatic nitrogens is 1. The molecule has 0 aliphatic carbocycles. The molecule has 3 nitrogen and oxygen atoms in total. The van der Waals surface area contributed by atoms with Crippen LogP contribution < -0.4 is 0 Å². The van der Waals surface area contributed by atoms with Crippen LogP contribution in [0.5, 0.6) is 0 Å². The highest BCUT2D eigenvalue weighted by Gasteiger charge is 2.17. The minimum absolute atomic E-state index is 0.362. The number of rotatable bonds is 4. The second-order valence-electron chi connectivity index (χ2n) is 5.36. The SMILES string of the molecule is CCOC(=S)Sc1nc(-c2ccccc2)cc(-c2ccccc2)c1C#N. The van der Waals surface area contributed by atoms with E-state index in [1.165, 1.54) is 11.8 Å². The van der Waals surface area contributed by atoms with Crippen LogP contribution in [-0.4, -0.2) is 16.0 Å². The van der Waals surface area contributed by atoms with E-state index in [1.807, 2.05) is 73.7 Å². The number of hydrogen-bond donors (Lipinski definition) is 0. The highest BCUT2D eigenvalue weighted by atomic mass is 32.2. The molecule has 0 unspecified atom stereocenters. The zero-order chi connectivity index (χ0) is 18.4. The molecule has 0 saturated carbocycles. The van der Waals surface area contributed by atoms with Gasteiger partial charge < -0.3 is 4.74 Å². The number of thiocarbonyl (C=S) groups is 1. The Bertz CT molecular complexity index is 951. The maximum atomic E-state index is 9.78. The number of nitrogens with zero attached hydrogens (tertiary/aromatic N) is 2. The average molecular weight is 377 g/mol. The Morgan fingerprint density at radius 3 is 2.27 bits per heavy atom. The van der Waals surface area contributed by atoms with Gasteiger partial charge in [0.05, 0.1) is 17.9 Å². The third-order valence-corrected chi connectivity index (χ3v) is 4.84. The van der Waals surface area contributed by atoms with Crippen molar-refractivity contribution < 1.29 is 4.74 Å². The first-order valence-electron chi connectivity index (χ1n) is 8.13. The molecule has 26 heavy (non-hydrogen) atoms. The van der Waals surface area contributed by atoms with E-state index in [9.17, 15) is 5.26 Å². The van der Waals surface area contributed by atoms with Gasteiger partial charge in [-0.15, -0.1) is 0 Å². The highest BCUT2D eigenvalue weighted by molar-refractivity contribution is 8.22. The largest absolute Gasteiger partial charge is 0.479 e. The first kappa shape index (κ1) is 18.1. The van der Waals surface area contributed by atoms with Crippen LogP contribution >= 0.6 is 24.0 Å². The summed E-state index contributed by atoms with van der Waals surface area (Å²) in [7, 11) is 0. The van der Waals surface area contributed by atoms with Crippen LogP contribution in [0.25, 0.3) is 22.4 Å². The number of ether oxygens (including phenoxy) is 1. The lowest BCUT2D eigenvalue weighted by molar-refractivity contribution is 0.346. The molecular formula is C21H16N2OS2. The van der Waals surface area contributed by atoms with Gasteiger partial charge in [0.15, 0.2) is 0 Å². The van der Waals surface area contributed by atoms with Gasteiger partial charge in [0.2, 0.25) is 4.38 Å². The Labute approximate surface area is 162 Å². The molecule has 0 spiro atoms. The molecule has 3 aromatic rings. The van der Waals surface area contributed by atoms with E-state index in [-0.39, 0.29) is 0 Å². The summed E-state index contributed by atoms with van der Waals surface area (Å²) in [6.07, 6.45) is 0. The van der Waals surface area contributed by atoms with Crippen molar-refractivity contribution in [3.63, 3.8) is 0 Å². The molecule has 3 rings (SSSR count). The fourth-order valence-corrected chi connectivity index (χ4v) is 3.62. The molecule has 1 heterocycles. The molecule has 0 N–H and O–H groups in total. The molecule has 0 bridgehead atoms. The van der Waals surface area contributed by atoms with Gasteiger partial charge in [0.1, 0.15) is 11.1 Å². The van der Waals surface area contributed by atoms with Crippen molar-refractivity contribution in [2.24, 2.45) is 0 Å². The Morgan fingerprint density at radius 2 is 1.69 bits per heavy atom. The standard InChI is InChI=1S/C21H16N2OS2/c1-2-24-21(25)26-20-18(14-22)17(15-9-5-3-6-10-15)13-19(23-20)16-11-7-4-8-12-16/h3-13H,2H2,1H3. The van der Waals surface area contributed by atoms with Crippen LogP contribution in [0.2, 0.25) is 0 Å². The Hall–Kier alpha value is -2.68. The summed E-state index contributed by atoms with van der Waals surface area (Å²) in [4.78, 5) is 4.70. The number of thioether (sulfide) groups is 1. The fraction of sp³-hybridized carbons (Fsp3) is 0.0952. The van der Waals surface area contributed by atoms with Crippen molar-refractivity contribution in [3.05, 3.63) is 72.3 Å². The lowest BCUT2D eigenvalue weighted by Gasteiger charge is -2.13. The Morgan fingerprint density at radius 1 is 1.08 bits per heavy atom. The first-order chi connectivity index (χ1) is 12.7. The van der Waals surface area contributed by atoms with Gasteiger partial charge >= 0.3 is 0 Å². The van der Waals surface area contributed by atoms with Gasteiger partial charge in [0.25, 0.3) is 0 Å². The monoisotopic (exact) mass is 376 g/mol. The van der Waals surface area contributed by atoms with Crippen LogP contribution in [0.4, 0.5) is 0 Å². The van der Waals surface area contributed by atoms with E-state index in [4.69, 9.17) is 21.9 Å². The minimum atomic E-state index is 0.362. The fourth-order valence-electron chi connectivity index (χ4n) is 2.53. The van der Waals surface area contributed by atoms with Gasteiger partial charge in [0, 0.05) is 11.1 Å². The van der Waals surface area contributed by atoms with E-state index < -0.39 is 0 Å². The zero-order valence-corrected chi connectivity index (χ0v) is 15.8. The van der Waals surface area contributed by atoms with E-state index in [0.717, 1.165) is 22.4 Å². The molecule has 0 amide bonds. The van der Waals surface area contributed by atoms with Crippen molar-refractivity contribution in [2.75, 3.05) is 6.61 Å². The van der Waals surface area contributed by atoms with E-state index in [1.54, 1.807) is 0 Å². The van der Waals surface area contributed by atoms with Crippen molar-refractivity contribution in [1.29, 1.82) is 5.26 Å². The summed E-state index contributed by atoms with van der Waals surface area (Å²) in [6, 6.07) is 24.0. The second kappa shape index (κ2) is 8.61. The van der Waals surface area contributed by atoms with Crippen molar-refractivity contribution in [2.45, 2.75) is 11.9 Å². The third-order valence-electron chi connectivity index (χ3n) is 3.69. The van der Waals surface area contributed by atoms with Crippen molar-refractivity contribution >= 4 is 28.4 Å². The molecule has 128 valence electrons. The summed E-state index contributed by atoms with van der Waals surface area (Å²) < 4.78 is 5.74. The maximum Gasteiger partial charge on any atom is 0.226 e. The molecule has 5 heteroatoms. The number of nitriles is 1. The molecule has 0 aliphatic rings. The molecule has 2 aromatic carbocycles. The normalized spacial score (nSPS) is 10.2. The molecule has 0 atom stereocenters. The van der Waals surface area contributed by atoms with Crippen LogP contribution in [-0.2, 0) is 4.74 Å². The summed E-state index contributed by atoms with van der Waals surface area (Å²) in [5.41, 5.74) is 4.09. The maximum absolute atomic E-state index is 9.78. The van der Waals surface area contributed by atoms with E-state index in [2.05, 4.69) is 6.07 Å².